The molecule has 0 unspecified atom stereocenters. The summed E-state index contributed by atoms with van der Waals surface area (Å²) in [6.45, 7) is 0. The predicted molar refractivity (Wildman–Crippen MR) is 115 cm³/mol. The van der Waals surface area contributed by atoms with Crippen molar-refractivity contribution in [3.63, 3.8) is 0 Å². The molecule has 0 saturated heterocycles. The topological polar surface area (TPSA) is 30.7 Å². The lowest BCUT2D eigenvalue weighted by Crippen LogP contribution is -2.07. The van der Waals surface area contributed by atoms with Crippen molar-refractivity contribution in [3.8, 4) is 28.2 Å². The van der Waals surface area contributed by atoms with Gasteiger partial charge < -0.3 is 0 Å². The molecule has 0 N–H and O–H groups in total. The van der Waals surface area contributed by atoms with Gasteiger partial charge in [-0.05, 0) is 29.8 Å². The molecule has 5 rings (SSSR count). The van der Waals surface area contributed by atoms with Crippen LogP contribution in [0, 0.1) is 0 Å². The molecule has 2 heterocycles. The summed E-state index contributed by atoms with van der Waals surface area (Å²) in [5, 5.41) is 0. The van der Waals surface area contributed by atoms with Gasteiger partial charge in [0.2, 0.25) is 0 Å². The Morgan fingerprint density at radius 2 is 1.35 bits per heavy atom. The third-order valence-corrected chi connectivity index (χ3v) is 5.07. The van der Waals surface area contributed by atoms with E-state index in [4.69, 9.17) is 4.98 Å². The fourth-order valence-corrected chi connectivity index (χ4v) is 3.60. The van der Waals surface area contributed by atoms with Gasteiger partial charge in [-0.25, -0.2) is 9.97 Å². The molecule has 3 aromatic carbocycles. The molecule has 6 heteroatoms. The second-order valence-corrected chi connectivity index (χ2v) is 7.12. The quantitative estimate of drug-likeness (QED) is 0.325. The van der Waals surface area contributed by atoms with E-state index in [1.54, 1.807) is 16.8 Å². The molecule has 152 valence electrons. The van der Waals surface area contributed by atoms with Crippen LogP contribution in [-0.2, 0) is 6.18 Å². The van der Waals surface area contributed by atoms with Crippen LogP contribution in [0.5, 0.6) is 0 Å². The van der Waals surface area contributed by atoms with Crippen LogP contribution in [0.2, 0.25) is 0 Å². The predicted octanol–water partition coefficient (Wildman–Crippen LogP) is 6.77. The van der Waals surface area contributed by atoms with Gasteiger partial charge in [-0.3, -0.25) is 4.57 Å². The Kier molecular flexibility index (Phi) is 4.55. The molecule has 0 aliphatic rings. The summed E-state index contributed by atoms with van der Waals surface area (Å²) in [5.74, 6) is 0.535. The zero-order chi connectivity index (χ0) is 21.4. The second kappa shape index (κ2) is 7.40. The number of alkyl halides is 3. The van der Waals surface area contributed by atoms with Crippen molar-refractivity contribution in [2.75, 3.05) is 0 Å². The Bertz CT molecular complexity index is 1360. The first-order valence-electron chi connectivity index (χ1n) is 9.68. The molecule has 0 saturated carbocycles. The van der Waals surface area contributed by atoms with Gasteiger partial charge in [0.05, 0.1) is 5.56 Å². The van der Waals surface area contributed by atoms with Crippen molar-refractivity contribution < 1.29 is 13.2 Å². The van der Waals surface area contributed by atoms with Crippen molar-refractivity contribution >= 4 is 11.2 Å². The minimum Gasteiger partial charge on any atom is -0.277 e. The molecule has 5 aromatic rings. The zero-order valence-electron chi connectivity index (χ0n) is 16.2. The number of aromatic nitrogens is 3. The normalized spacial score (nSPS) is 11.7. The van der Waals surface area contributed by atoms with E-state index in [1.807, 2.05) is 66.7 Å². The van der Waals surface area contributed by atoms with Crippen LogP contribution in [0.3, 0.4) is 0 Å². The number of rotatable bonds is 3. The fourth-order valence-electron chi connectivity index (χ4n) is 3.60. The van der Waals surface area contributed by atoms with Gasteiger partial charge in [0.15, 0.2) is 5.65 Å². The highest BCUT2D eigenvalue weighted by molar-refractivity contribution is 5.84. The van der Waals surface area contributed by atoms with E-state index in [1.165, 1.54) is 6.07 Å². The van der Waals surface area contributed by atoms with Crippen LogP contribution >= 0.6 is 0 Å². The third-order valence-electron chi connectivity index (χ3n) is 5.07. The Hall–Kier alpha value is -3.93. The molecule has 3 nitrogen and oxygen atoms in total. The lowest BCUT2D eigenvalue weighted by molar-refractivity contribution is -0.137. The van der Waals surface area contributed by atoms with E-state index >= 15 is 0 Å². The SMILES string of the molecule is FC(F)(F)c1cccc(-n2c(-c3ccccc3)nc3cc(-c4ccccc4)cnc32)c1. The summed E-state index contributed by atoms with van der Waals surface area (Å²) >= 11 is 0. The van der Waals surface area contributed by atoms with E-state index in [9.17, 15) is 13.2 Å². The zero-order valence-corrected chi connectivity index (χ0v) is 16.2. The van der Waals surface area contributed by atoms with Crippen molar-refractivity contribution in [2.24, 2.45) is 0 Å². The van der Waals surface area contributed by atoms with Crippen LogP contribution in [0.4, 0.5) is 13.2 Å². The maximum absolute atomic E-state index is 13.3. The first-order valence-corrected chi connectivity index (χ1v) is 9.68. The minimum absolute atomic E-state index is 0.358. The van der Waals surface area contributed by atoms with E-state index in [2.05, 4.69) is 4.98 Å². The Morgan fingerprint density at radius 3 is 2.03 bits per heavy atom. The number of halogens is 3. The van der Waals surface area contributed by atoms with E-state index < -0.39 is 11.7 Å². The smallest absolute Gasteiger partial charge is 0.277 e. The number of nitrogens with zero attached hydrogens (tertiary/aromatic N) is 3. The van der Waals surface area contributed by atoms with E-state index in [0.717, 1.165) is 28.8 Å². The first-order chi connectivity index (χ1) is 15.0. The number of hydrogen-bond acceptors (Lipinski definition) is 2. The van der Waals surface area contributed by atoms with Gasteiger partial charge in [0.1, 0.15) is 11.3 Å². The Morgan fingerprint density at radius 1 is 0.677 bits per heavy atom. The first kappa shape index (κ1) is 19.1. The Balaban J connectivity index is 1.76. The van der Waals surface area contributed by atoms with Crippen molar-refractivity contribution in [2.45, 2.75) is 6.18 Å². The lowest BCUT2D eigenvalue weighted by Gasteiger charge is -2.12. The van der Waals surface area contributed by atoms with Gasteiger partial charge in [-0.1, -0.05) is 66.7 Å². The molecule has 0 fully saturated rings. The lowest BCUT2D eigenvalue weighted by atomic mass is 10.1. The maximum atomic E-state index is 13.3. The number of imidazole rings is 1. The number of pyridine rings is 1. The summed E-state index contributed by atoms with van der Waals surface area (Å²) in [4.78, 5) is 9.35. The molecule has 0 amide bonds. The van der Waals surface area contributed by atoms with Crippen LogP contribution in [0.15, 0.2) is 97.2 Å². The molecule has 2 aromatic heterocycles. The maximum Gasteiger partial charge on any atom is 0.416 e. The molecule has 0 atom stereocenters. The summed E-state index contributed by atoms with van der Waals surface area (Å²) < 4.78 is 41.7. The van der Waals surface area contributed by atoms with E-state index in [-0.39, 0.29) is 0 Å². The van der Waals surface area contributed by atoms with Crippen molar-refractivity contribution in [1.29, 1.82) is 0 Å². The van der Waals surface area contributed by atoms with Crippen molar-refractivity contribution in [1.82, 2.24) is 14.5 Å². The van der Waals surface area contributed by atoms with Crippen LogP contribution < -0.4 is 0 Å². The molecule has 0 aliphatic heterocycles. The third kappa shape index (κ3) is 3.57. The number of fused-ring (bicyclic) bond motifs is 1. The van der Waals surface area contributed by atoms with Gasteiger partial charge in [-0.2, -0.15) is 13.2 Å². The molecule has 0 bridgehead atoms. The highest BCUT2D eigenvalue weighted by atomic mass is 19.4. The molecule has 31 heavy (non-hydrogen) atoms. The summed E-state index contributed by atoms with van der Waals surface area (Å²) in [7, 11) is 0. The van der Waals surface area contributed by atoms with Crippen molar-refractivity contribution in [3.05, 3.63) is 103 Å². The van der Waals surface area contributed by atoms with Gasteiger partial charge >= 0.3 is 6.18 Å². The second-order valence-electron chi connectivity index (χ2n) is 7.12. The summed E-state index contributed by atoms with van der Waals surface area (Å²) in [5.41, 5.74) is 3.42. The average Bonchev–Trinajstić information content (AvgIpc) is 3.18. The molecular formula is C25H16F3N3. The van der Waals surface area contributed by atoms with Gasteiger partial charge in [0, 0.05) is 23.0 Å². The highest BCUT2D eigenvalue weighted by Crippen LogP contribution is 2.34. The highest BCUT2D eigenvalue weighted by Gasteiger charge is 2.31. The average molecular weight is 415 g/mol. The standard InChI is InChI=1S/C25H16F3N3/c26-25(27,28)20-12-7-13-21(15-20)31-23(18-10-5-2-6-11-18)30-22-14-19(16-29-24(22)31)17-8-3-1-4-9-17/h1-16H. The molecule has 0 aliphatic carbocycles. The van der Waals surface area contributed by atoms with E-state index in [0.29, 0.717) is 22.7 Å². The van der Waals surface area contributed by atoms with Crippen LogP contribution in [0.25, 0.3) is 39.4 Å². The van der Waals surface area contributed by atoms with Crippen LogP contribution in [-0.4, -0.2) is 14.5 Å². The number of benzene rings is 3. The van der Waals surface area contributed by atoms with Gasteiger partial charge in [-0.15, -0.1) is 0 Å². The fraction of sp³-hybridized carbons (Fsp3) is 0.0400. The summed E-state index contributed by atoms with van der Waals surface area (Å²) in [6.07, 6.45) is -2.72. The molecule has 0 radical (unpaired) electrons. The van der Waals surface area contributed by atoms with Crippen LogP contribution in [0.1, 0.15) is 5.56 Å². The largest absolute Gasteiger partial charge is 0.416 e. The summed E-state index contributed by atoms with van der Waals surface area (Å²) in [6, 6.07) is 26.3. The monoisotopic (exact) mass is 415 g/mol. The van der Waals surface area contributed by atoms with Gasteiger partial charge in [0.25, 0.3) is 0 Å². The Labute approximate surface area is 176 Å². The number of hydrogen-bond donors (Lipinski definition) is 0. The minimum atomic E-state index is -4.44. The molecular weight excluding hydrogens is 399 g/mol. The molecule has 0 spiro atoms.